The second kappa shape index (κ2) is 7.74. The summed E-state index contributed by atoms with van der Waals surface area (Å²) >= 11 is 9.66. The number of esters is 1. The first kappa shape index (κ1) is 19.5. The highest BCUT2D eigenvalue weighted by atomic mass is 79.9. The SMILES string of the molecule is COC(=O)Cc1c(C)n(C(=O)c2ccc(Br)cc2)c2cc(Cl)c(OC)cc12. The smallest absolute Gasteiger partial charge is 0.310 e. The molecule has 1 aromatic heterocycles. The maximum atomic E-state index is 13.2. The second-order valence-corrected chi connectivity index (χ2v) is 7.29. The van der Waals surface area contributed by atoms with E-state index >= 15 is 0 Å². The Morgan fingerprint density at radius 2 is 1.81 bits per heavy atom. The molecule has 27 heavy (non-hydrogen) atoms. The average Bonchev–Trinajstić information content (AvgIpc) is 2.91. The van der Waals surface area contributed by atoms with E-state index in [0.717, 1.165) is 9.86 Å². The zero-order valence-electron chi connectivity index (χ0n) is 15.0. The largest absolute Gasteiger partial charge is 0.495 e. The average molecular weight is 451 g/mol. The van der Waals surface area contributed by atoms with Gasteiger partial charge in [0.15, 0.2) is 0 Å². The topological polar surface area (TPSA) is 57.5 Å². The molecule has 0 unspecified atom stereocenters. The lowest BCUT2D eigenvalue weighted by Gasteiger charge is -2.09. The predicted octanol–water partition coefficient (Wildman–Crippen LogP) is 4.78. The molecular formula is C20H17BrClNO4. The van der Waals surface area contributed by atoms with Crippen molar-refractivity contribution in [3.05, 3.63) is 62.7 Å². The number of aromatic nitrogens is 1. The van der Waals surface area contributed by atoms with E-state index in [0.29, 0.717) is 33.1 Å². The number of hydrogen-bond acceptors (Lipinski definition) is 4. The van der Waals surface area contributed by atoms with Gasteiger partial charge in [-0.3, -0.25) is 14.2 Å². The third-order valence-electron chi connectivity index (χ3n) is 4.45. The van der Waals surface area contributed by atoms with Crippen LogP contribution < -0.4 is 4.74 Å². The summed E-state index contributed by atoms with van der Waals surface area (Å²) in [4.78, 5) is 25.1. The molecule has 0 aliphatic rings. The van der Waals surface area contributed by atoms with Crippen molar-refractivity contribution in [2.45, 2.75) is 13.3 Å². The normalized spacial score (nSPS) is 10.9. The van der Waals surface area contributed by atoms with E-state index in [-0.39, 0.29) is 18.3 Å². The first-order valence-electron chi connectivity index (χ1n) is 8.11. The Balaban J connectivity index is 2.26. The summed E-state index contributed by atoms with van der Waals surface area (Å²) in [6, 6.07) is 10.5. The molecule has 0 amide bonds. The molecule has 7 heteroatoms. The van der Waals surface area contributed by atoms with Gasteiger partial charge in [0.1, 0.15) is 5.75 Å². The van der Waals surface area contributed by atoms with Crippen molar-refractivity contribution < 1.29 is 19.1 Å². The van der Waals surface area contributed by atoms with Crippen molar-refractivity contribution in [3.8, 4) is 5.75 Å². The number of rotatable bonds is 4. The maximum absolute atomic E-state index is 13.2. The van der Waals surface area contributed by atoms with E-state index in [4.69, 9.17) is 21.1 Å². The summed E-state index contributed by atoms with van der Waals surface area (Å²) in [5, 5.41) is 1.11. The zero-order valence-corrected chi connectivity index (χ0v) is 17.3. The van der Waals surface area contributed by atoms with Crippen LogP contribution in [0.2, 0.25) is 5.02 Å². The molecule has 0 atom stereocenters. The van der Waals surface area contributed by atoms with Gasteiger partial charge in [0.25, 0.3) is 5.91 Å². The third kappa shape index (κ3) is 3.59. The van der Waals surface area contributed by atoms with Crippen LogP contribution in [0.25, 0.3) is 10.9 Å². The fraction of sp³-hybridized carbons (Fsp3) is 0.200. The monoisotopic (exact) mass is 449 g/mol. The highest BCUT2D eigenvalue weighted by Gasteiger charge is 2.23. The molecule has 5 nitrogen and oxygen atoms in total. The van der Waals surface area contributed by atoms with Gasteiger partial charge in [-0.2, -0.15) is 0 Å². The first-order valence-corrected chi connectivity index (χ1v) is 9.29. The molecule has 0 bridgehead atoms. The van der Waals surface area contributed by atoms with Crippen molar-refractivity contribution in [1.29, 1.82) is 0 Å². The number of carbonyl (C=O) groups is 2. The molecule has 0 fully saturated rings. The molecule has 0 aliphatic carbocycles. The molecule has 3 aromatic rings. The van der Waals surface area contributed by atoms with Gasteiger partial charge in [0, 0.05) is 21.1 Å². The summed E-state index contributed by atoms with van der Waals surface area (Å²) in [5.41, 5.74) is 2.50. The molecule has 0 saturated heterocycles. The fourth-order valence-corrected chi connectivity index (χ4v) is 3.56. The van der Waals surface area contributed by atoms with Gasteiger partial charge in [0.05, 0.1) is 31.2 Å². The van der Waals surface area contributed by atoms with Gasteiger partial charge in [-0.15, -0.1) is 0 Å². The van der Waals surface area contributed by atoms with E-state index in [9.17, 15) is 9.59 Å². The number of carbonyl (C=O) groups excluding carboxylic acids is 2. The Labute approximate surface area is 169 Å². The quantitative estimate of drug-likeness (QED) is 0.537. The molecule has 3 rings (SSSR count). The van der Waals surface area contributed by atoms with Crippen molar-refractivity contribution >= 4 is 50.3 Å². The van der Waals surface area contributed by atoms with Crippen molar-refractivity contribution in [2.24, 2.45) is 0 Å². The molecule has 0 radical (unpaired) electrons. The summed E-state index contributed by atoms with van der Waals surface area (Å²) in [6.07, 6.45) is 0.0459. The fourth-order valence-electron chi connectivity index (χ4n) is 3.06. The minimum absolute atomic E-state index is 0.0459. The van der Waals surface area contributed by atoms with Crippen molar-refractivity contribution in [3.63, 3.8) is 0 Å². The van der Waals surface area contributed by atoms with Gasteiger partial charge in [-0.05, 0) is 48.9 Å². The molecule has 2 aromatic carbocycles. The van der Waals surface area contributed by atoms with Crippen molar-refractivity contribution in [1.82, 2.24) is 4.57 Å². The van der Waals surface area contributed by atoms with Crippen molar-refractivity contribution in [2.75, 3.05) is 14.2 Å². The van der Waals surface area contributed by atoms with E-state index in [1.165, 1.54) is 14.2 Å². The first-order chi connectivity index (χ1) is 12.9. The molecule has 0 saturated carbocycles. The highest BCUT2D eigenvalue weighted by Crippen LogP contribution is 2.35. The summed E-state index contributed by atoms with van der Waals surface area (Å²) in [6.45, 7) is 1.80. The molecule has 0 spiro atoms. The number of methoxy groups -OCH3 is 2. The summed E-state index contributed by atoms with van der Waals surface area (Å²) in [7, 11) is 2.85. The Hall–Kier alpha value is -2.31. The lowest BCUT2D eigenvalue weighted by atomic mass is 10.1. The van der Waals surface area contributed by atoms with Crippen LogP contribution in [0, 0.1) is 6.92 Å². The lowest BCUT2D eigenvalue weighted by Crippen LogP contribution is -2.14. The Kier molecular flexibility index (Phi) is 5.58. The zero-order chi connectivity index (χ0) is 19.7. The number of hydrogen-bond donors (Lipinski definition) is 0. The number of ether oxygens (including phenoxy) is 2. The molecule has 0 N–H and O–H groups in total. The number of fused-ring (bicyclic) bond motifs is 1. The Morgan fingerprint density at radius 1 is 1.15 bits per heavy atom. The van der Waals surface area contributed by atoms with Gasteiger partial charge in [-0.1, -0.05) is 27.5 Å². The molecule has 140 valence electrons. The van der Waals surface area contributed by atoms with Crippen LogP contribution in [-0.2, 0) is 16.0 Å². The van der Waals surface area contributed by atoms with Crippen LogP contribution in [0.15, 0.2) is 40.9 Å². The maximum Gasteiger partial charge on any atom is 0.310 e. The lowest BCUT2D eigenvalue weighted by molar-refractivity contribution is -0.139. The Bertz CT molecular complexity index is 1040. The molecule has 0 aliphatic heterocycles. The van der Waals surface area contributed by atoms with E-state index < -0.39 is 0 Å². The number of halogens is 2. The summed E-state index contributed by atoms with van der Waals surface area (Å²) < 4.78 is 12.6. The number of nitrogens with zero attached hydrogens (tertiary/aromatic N) is 1. The third-order valence-corrected chi connectivity index (χ3v) is 5.28. The second-order valence-electron chi connectivity index (χ2n) is 5.97. The van der Waals surface area contributed by atoms with Crippen LogP contribution in [0.4, 0.5) is 0 Å². The molecule has 1 heterocycles. The van der Waals surface area contributed by atoms with Gasteiger partial charge >= 0.3 is 5.97 Å². The van der Waals surface area contributed by atoms with Crippen LogP contribution in [0.5, 0.6) is 5.75 Å². The Morgan fingerprint density at radius 3 is 2.41 bits per heavy atom. The van der Waals surface area contributed by atoms with Crippen LogP contribution in [-0.4, -0.2) is 30.7 Å². The van der Waals surface area contributed by atoms with Crippen LogP contribution in [0.3, 0.4) is 0 Å². The minimum Gasteiger partial charge on any atom is -0.495 e. The van der Waals surface area contributed by atoms with Gasteiger partial charge < -0.3 is 9.47 Å². The van der Waals surface area contributed by atoms with E-state index in [1.807, 2.05) is 0 Å². The van der Waals surface area contributed by atoms with Crippen LogP contribution in [0.1, 0.15) is 21.6 Å². The van der Waals surface area contributed by atoms with Crippen LogP contribution >= 0.6 is 27.5 Å². The number of benzene rings is 2. The minimum atomic E-state index is -0.387. The van der Waals surface area contributed by atoms with Gasteiger partial charge in [0.2, 0.25) is 0 Å². The highest BCUT2D eigenvalue weighted by molar-refractivity contribution is 9.10. The van der Waals surface area contributed by atoms with Gasteiger partial charge in [-0.25, -0.2) is 0 Å². The predicted molar refractivity (Wildman–Crippen MR) is 108 cm³/mol. The summed E-state index contributed by atoms with van der Waals surface area (Å²) in [5.74, 6) is -0.118. The molecular weight excluding hydrogens is 434 g/mol. The van der Waals surface area contributed by atoms with E-state index in [1.54, 1.807) is 47.9 Å². The standard InChI is InChI=1S/C20H17BrClNO4/c1-11-14(9-19(24)27-3)15-8-18(26-2)16(22)10-17(15)23(11)20(25)12-4-6-13(21)7-5-12/h4-8,10H,9H2,1-3H3. The van der Waals surface area contributed by atoms with E-state index in [2.05, 4.69) is 15.9 Å².